The van der Waals surface area contributed by atoms with Gasteiger partial charge in [-0.2, -0.15) is 5.26 Å². The van der Waals surface area contributed by atoms with Gasteiger partial charge in [-0.1, -0.05) is 28.4 Å². The van der Waals surface area contributed by atoms with Crippen LogP contribution < -0.4 is 10.6 Å². The Hall–Kier alpha value is -3.74. The van der Waals surface area contributed by atoms with Crippen LogP contribution in [-0.2, 0) is 11.3 Å². The van der Waals surface area contributed by atoms with E-state index in [1.165, 1.54) is 24.4 Å². The molecule has 0 bridgehead atoms. The fraction of sp³-hybridized carbons (Fsp3) is 0.240. The van der Waals surface area contributed by atoms with E-state index in [1.807, 2.05) is 16.9 Å². The Morgan fingerprint density at radius 1 is 1.14 bits per heavy atom. The lowest BCUT2D eigenvalue weighted by atomic mass is 9.94. The zero-order valence-corrected chi connectivity index (χ0v) is 20.4. The van der Waals surface area contributed by atoms with Crippen molar-refractivity contribution in [2.45, 2.75) is 38.3 Å². The predicted molar refractivity (Wildman–Crippen MR) is 136 cm³/mol. The lowest BCUT2D eigenvalue weighted by Crippen LogP contribution is -2.18. The summed E-state index contributed by atoms with van der Waals surface area (Å²) < 4.78 is 15.4. The van der Waals surface area contributed by atoms with E-state index in [-0.39, 0.29) is 11.1 Å². The van der Waals surface area contributed by atoms with E-state index in [1.54, 1.807) is 6.07 Å². The fourth-order valence-corrected chi connectivity index (χ4v) is 4.70. The Bertz CT molecular complexity index is 1500. The van der Waals surface area contributed by atoms with E-state index in [2.05, 4.69) is 32.0 Å². The minimum absolute atomic E-state index is 0.0369. The first kappa shape index (κ1) is 24.0. The number of nitrogens with one attached hydrogen (secondary N) is 2. The topological polar surface area (TPSA) is 109 Å². The number of carbonyl (C=O) groups is 1. The molecule has 4 aromatic rings. The molecule has 0 spiro atoms. The second-order valence-corrected chi connectivity index (χ2v) is 9.39. The van der Waals surface area contributed by atoms with Gasteiger partial charge in [0, 0.05) is 35.8 Å². The summed E-state index contributed by atoms with van der Waals surface area (Å²) in [5, 5.41) is 25.6. The lowest BCUT2D eigenvalue weighted by Gasteiger charge is -2.20. The number of pyridine rings is 1. The maximum absolute atomic E-state index is 13.6. The van der Waals surface area contributed by atoms with Crippen LogP contribution in [0.3, 0.4) is 0 Å². The van der Waals surface area contributed by atoms with Gasteiger partial charge in [-0.3, -0.25) is 9.78 Å². The molecule has 2 heterocycles. The molecule has 2 aromatic carbocycles. The fourth-order valence-electron chi connectivity index (χ4n) is 4.25. The molecule has 0 amide bonds. The number of rotatable bonds is 6. The molecule has 1 aliphatic rings. The van der Waals surface area contributed by atoms with Gasteiger partial charge in [-0.15, -0.1) is 5.10 Å². The molecule has 36 heavy (non-hydrogen) atoms. The molecule has 2 N–H and O–H groups in total. The van der Waals surface area contributed by atoms with E-state index < -0.39 is 5.82 Å². The van der Waals surface area contributed by atoms with Crippen LogP contribution in [0.2, 0.25) is 10.0 Å². The van der Waals surface area contributed by atoms with Gasteiger partial charge in [0.1, 0.15) is 23.4 Å². The number of anilines is 3. The quantitative estimate of drug-likeness (QED) is 0.310. The maximum atomic E-state index is 13.6. The van der Waals surface area contributed by atoms with Crippen molar-refractivity contribution in [3.05, 3.63) is 69.8 Å². The van der Waals surface area contributed by atoms with E-state index in [0.29, 0.717) is 63.7 Å². The second kappa shape index (κ2) is 10.1. The highest BCUT2D eigenvalue weighted by Crippen LogP contribution is 2.35. The molecule has 0 saturated heterocycles. The Labute approximate surface area is 216 Å². The number of halogens is 3. The van der Waals surface area contributed by atoms with E-state index >= 15 is 0 Å². The van der Waals surface area contributed by atoms with E-state index in [9.17, 15) is 14.4 Å². The Morgan fingerprint density at radius 3 is 2.67 bits per heavy atom. The molecule has 11 heteroatoms. The standard InChI is InChI=1S/C25H20Cl2FN7O/c26-21-8-15(1-6-23(21)28)32-24-14(10-29)11-31-25-20(24)7-16(9-22(25)27)30-12-17-13-35(34-33-17)18-2-4-19(36)5-3-18/h1,6-9,11,13,18,30H,2-5,12H2,(H,31,32). The van der Waals surface area contributed by atoms with Gasteiger partial charge in [0.2, 0.25) is 0 Å². The average molecular weight is 524 g/mol. The molecule has 0 unspecified atom stereocenters. The largest absolute Gasteiger partial charge is 0.379 e. The first-order chi connectivity index (χ1) is 17.4. The first-order valence-electron chi connectivity index (χ1n) is 11.3. The molecule has 1 aliphatic carbocycles. The minimum Gasteiger partial charge on any atom is -0.379 e. The van der Waals surface area contributed by atoms with Crippen LogP contribution in [0, 0.1) is 17.1 Å². The van der Waals surface area contributed by atoms with Gasteiger partial charge in [0.15, 0.2) is 0 Å². The van der Waals surface area contributed by atoms with Crippen molar-refractivity contribution in [2.24, 2.45) is 0 Å². The molecule has 0 radical (unpaired) electrons. The Balaban J connectivity index is 1.41. The molecule has 1 fully saturated rings. The zero-order chi connectivity index (χ0) is 25.2. The third-order valence-corrected chi connectivity index (χ3v) is 6.73. The summed E-state index contributed by atoms with van der Waals surface area (Å²) in [4.78, 5) is 15.9. The van der Waals surface area contributed by atoms with Gasteiger partial charge < -0.3 is 10.6 Å². The van der Waals surface area contributed by atoms with Gasteiger partial charge in [0.25, 0.3) is 0 Å². The smallest absolute Gasteiger partial charge is 0.141 e. The monoisotopic (exact) mass is 523 g/mol. The highest BCUT2D eigenvalue weighted by atomic mass is 35.5. The summed E-state index contributed by atoms with van der Waals surface area (Å²) in [6.07, 6.45) is 6.03. The van der Waals surface area contributed by atoms with Crippen molar-refractivity contribution < 1.29 is 9.18 Å². The van der Waals surface area contributed by atoms with Crippen molar-refractivity contribution in [3.63, 3.8) is 0 Å². The Morgan fingerprint density at radius 2 is 1.92 bits per heavy atom. The van der Waals surface area contributed by atoms with E-state index in [0.717, 1.165) is 18.5 Å². The van der Waals surface area contributed by atoms with Crippen molar-refractivity contribution in [1.82, 2.24) is 20.0 Å². The number of nitriles is 1. The van der Waals surface area contributed by atoms with Gasteiger partial charge >= 0.3 is 0 Å². The number of nitrogens with zero attached hydrogens (tertiary/aromatic N) is 5. The SMILES string of the molecule is N#Cc1cnc2c(Cl)cc(NCc3cn(C4CCC(=O)CC4)nn3)cc2c1Nc1ccc(F)c(Cl)c1. The normalized spacial score (nSPS) is 14.1. The van der Waals surface area contributed by atoms with Crippen LogP contribution in [0.5, 0.6) is 0 Å². The highest BCUT2D eigenvalue weighted by molar-refractivity contribution is 6.36. The van der Waals surface area contributed by atoms with Crippen LogP contribution in [0.4, 0.5) is 21.5 Å². The predicted octanol–water partition coefficient (Wildman–Crippen LogP) is 6.18. The third-order valence-electron chi connectivity index (χ3n) is 6.15. The molecule has 1 saturated carbocycles. The summed E-state index contributed by atoms with van der Waals surface area (Å²) in [6, 6.07) is 10.1. The number of carbonyl (C=O) groups excluding carboxylic acids is 1. The molecule has 0 aliphatic heterocycles. The molecule has 5 rings (SSSR count). The van der Waals surface area contributed by atoms with Crippen molar-refractivity contribution in [2.75, 3.05) is 10.6 Å². The number of Topliss-reactive ketones (excluding diaryl/α,β-unsaturated/α-hetero) is 1. The zero-order valence-electron chi connectivity index (χ0n) is 18.9. The third kappa shape index (κ3) is 4.96. The minimum atomic E-state index is -0.536. The van der Waals surface area contributed by atoms with Crippen LogP contribution in [-0.4, -0.2) is 25.8 Å². The van der Waals surface area contributed by atoms with Crippen molar-refractivity contribution >= 4 is 57.0 Å². The van der Waals surface area contributed by atoms with E-state index in [4.69, 9.17) is 23.2 Å². The van der Waals surface area contributed by atoms with Crippen LogP contribution >= 0.6 is 23.2 Å². The number of hydrogen-bond donors (Lipinski definition) is 2. The number of hydrogen-bond acceptors (Lipinski definition) is 7. The molecule has 182 valence electrons. The van der Waals surface area contributed by atoms with Gasteiger partial charge in [-0.05, 0) is 43.2 Å². The Kier molecular flexibility index (Phi) is 6.72. The number of ketones is 1. The summed E-state index contributed by atoms with van der Waals surface area (Å²) >= 11 is 12.5. The number of aromatic nitrogens is 4. The number of fused-ring (bicyclic) bond motifs is 1. The number of benzene rings is 2. The highest BCUT2D eigenvalue weighted by Gasteiger charge is 2.21. The molecular weight excluding hydrogens is 504 g/mol. The molecule has 2 aromatic heterocycles. The molecular formula is C25H20Cl2FN7O. The van der Waals surface area contributed by atoms with Crippen LogP contribution in [0.25, 0.3) is 10.9 Å². The van der Waals surface area contributed by atoms with Gasteiger partial charge in [0.05, 0.1) is 45.6 Å². The lowest BCUT2D eigenvalue weighted by molar-refractivity contribution is -0.120. The molecule has 0 atom stereocenters. The van der Waals surface area contributed by atoms with Gasteiger partial charge in [-0.25, -0.2) is 9.07 Å². The average Bonchev–Trinajstić information content (AvgIpc) is 3.35. The summed E-state index contributed by atoms with van der Waals surface area (Å²) in [6.45, 7) is 0.398. The second-order valence-electron chi connectivity index (χ2n) is 8.58. The van der Waals surface area contributed by atoms with Crippen molar-refractivity contribution in [3.8, 4) is 6.07 Å². The summed E-state index contributed by atoms with van der Waals surface area (Å²) in [7, 11) is 0. The summed E-state index contributed by atoms with van der Waals surface area (Å²) in [5.74, 6) is -0.238. The van der Waals surface area contributed by atoms with Crippen LogP contribution in [0.1, 0.15) is 43.0 Å². The van der Waals surface area contributed by atoms with Crippen molar-refractivity contribution in [1.29, 1.82) is 5.26 Å². The first-order valence-corrected chi connectivity index (χ1v) is 12.1. The summed E-state index contributed by atoms with van der Waals surface area (Å²) in [5.41, 5.74) is 3.24. The maximum Gasteiger partial charge on any atom is 0.141 e. The van der Waals surface area contributed by atoms with Crippen LogP contribution in [0.15, 0.2) is 42.7 Å². The molecule has 8 nitrogen and oxygen atoms in total.